The van der Waals surface area contributed by atoms with Gasteiger partial charge < -0.3 is 9.64 Å². The molecule has 19 heavy (non-hydrogen) atoms. The van der Waals surface area contributed by atoms with Crippen molar-refractivity contribution in [2.45, 2.75) is 51.2 Å². The molecule has 0 radical (unpaired) electrons. The number of methoxy groups -OCH3 is 1. The summed E-state index contributed by atoms with van der Waals surface area (Å²) in [5.41, 5.74) is 3.89. The highest BCUT2D eigenvalue weighted by Gasteiger charge is 2.27. The number of nitrogens with zero attached hydrogens (tertiary/aromatic N) is 2. The topological polar surface area (TPSA) is 25.4 Å². The Hall–Kier alpha value is -0.930. The van der Waals surface area contributed by atoms with Crippen LogP contribution in [0.1, 0.15) is 49.1 Å². The van der Waals surface area contributed by atoms with Crippen LogP contribution in [0, 0.1) is 0 Å². The highest BCUT2D eigenvalue weighted by Crippen LogP contribution is 2.37. The summed E-state index contributed by atoms with van der Waals surface area (Å²) in [6, 6.07) is 4.49. The Morgan fingerprint density at radius 2 is 2.11 bits per heavy atom. The van der Waals surface area contributed by atoms with Gasteiger partial charge in [0.1, 0.15) is 0 Å². The summed E-state index contributed by atoms with van der Waals surface area (Å²) >= 11 is 0. The summed E-state index contributed by atoms with van der Waals surface area (Å²) in [6.07, 6.45) is 4.99. The van der Waals surface area contributed by atoms with Gasteiger partial charge in [-0.1, -0.05) is 13.0 Å². The van der Waals surface area contributed by atoms with E-state index in [2.05, 4.69) is 38.1 Å². The van der Waals surface area contributed by atoms with Crippen LogP contribution in [0.2, 0.25) is 0 Å². The lowest BCUT2D eigenvalue weighted by Crippen LogP contribution is -2.16. The third-order valence-corrected chi connectivity index (χ3v) is 4.05. The molecule has 3 heteroatoms. The standard InChI is InChI=1S/C16H26N2O/c1-5-13-7-9-15(16(17-13)11-18(2)3)12-6-8-14(10-12)19-4/h7,9,12,14H,5-6,8,10-11H2,1-4H3/t12-,14-/m1/s1. The molecule has 0 aliphatic heterocycles. The van der Waals surface area contributed by atoms with Crippen molar-refractivity contribution in [3.63, 3.8) is 0 Å². The van der Waals surface area contributed by atoms with Crippen LogP contribution >= 0.6 is 0 Å². The van der Waals surface area contributed by atoms with E-state index < -0.39 is 0 Å². The van der Waals surface area contributed by atoms with Gasteiger partial charge in [-0.3, -0.25) is 4.98 Å². The average Bonchev–Trinajstić information content (AvgIpc) is 2.86. The normalized spacial score (nSPS) is 23.2. The number of pyridine rings is 1. The van der Waals surface area contributed by atoms with Gasteiger partial charge in [0.15, 0.2) is 0 Å². The van der Waals surface area contributed by atoms with Gasteiger partial charge in [-0.25, -0.2) is 0 Å². The highest BCUT2D eigenvalue weighted by atomic mass is 16.5. The Bertz CT molecular complexity index is 417. The lowest BCUT2D eigenvalue weighted by molar-refractivity contribution is 0.108. The van der Waals surface area contributed by atoms with Crippen LogP contribution in [0.4, 0.5) is 0 Å². The molecule has 0 N–H and O–H groups in total. The molecule has 3 nitrogen and oxygen atoms in total. The van der Waals surface area contributed by atoms with E-state index in [9.17, 15) is 0 Å². The molecule has 0 aromatic carbocycles. The molecule has 1 aliphatic rings. The summed E-state index contributed by atoms with van der Waals surface area (Å²) < 4.78 is 5.50. The van der Waals surface area contributed by atoms with Crippen molar-refractivity contribution in [3.8, 4) is 0 Å². The Labute approximate surface area is 117 Å². The molecule has 1 saturated carbocycles. The fourth-order valence-electron chi connectivity index (χ4n) is 2.99. The highest BCUT2D eigenvalue weighted by molar-refractivity contribution is 5.28. The largest absolute Gasteiger partial charge is 0.381 e. The molecule has 1 aromatic heterocycles. The molecule has 2 rings (SSSR count). The maximum Gasteiger partial charge on any atom is 0.0581 e. The van der Waals surface area contributed by atoms with Crippen LogP contribution in [0.25, 0.3) is 0 Å². The van der Waals surface area contributed by atoms with E-state index in [1.165, 1.54) is 29.8 Å². The van der Waals surface area contributed by atoms with Crippen LogP contribution in [0.3, 0.4) is 0 Å². The second kappa shape index (κ2) is 6.49. The number of ether oxygens (including phenoxy) is 1. The minimum Gasteiger partial charge on any atom is -0.381 e. The van der Waals surface area contributed by atoms with Crippen LogP contribution in [0.5, 0.6) is 0 Å². The van der Waals surface area contributed by atoms with Crippen molar-refractivity contribution in [1.82, 2.24) is 9.88 Å². The van der Waals surface area contributed by atoms with E-state index in [1.54, 1.807) is 0 Å². The Morgan fingerprint density at radius 3 is 2.68 bits per heavy atom. The molecule has 2 atom stereocenters. The van der Waals surface area contributed by atoms with E-state index >= 15 is 0 Å². The first-order valence-corrected chi connectivity index (χ1v) is 7.30. The van der Waals surface area contributed by atoms with Gasteiger partial charge in [-0.05, 0) is 57.3 Å². The molecule has 1 fully saturated rings. The molecule has 0 spiro atoms. The first kappa shape index (κ1) is 14.5. The molecule has 0 saturated heterocycles. The van der Waals surface area contributed by atoms with E-state index in [1.807, 2.05) is 7.11 Å². The minimum absolute atomic E-state index is 0.433. The monoisotopic (exact) mass is 262 g/mol. The Kier molecular flexibility index (Phi) is 4.94. The first-order valence-electron chi connectivity index (χ1n) is 7.30. The molecule has 1 aromatic rings. The van der Waals surface area contributed by atoms with Crippen LogP contribution in [0.15, 0.2) is 12.1 Å². The quantitative estimate of drug-likeness (QED) is 0.815. The molecule has 1 heterocycles. The minimum atomic E-state index is 0.433. The number of aromatic nitrogens is 1. The summed E-state index contributed by atoms with van der Waals surface area (Å²) in [4.78, 5) is 7.05. The zero-order valence-corrected chi connectivity index (χ0v) is 12.6. The molecule has 0 bridgehead atoms. The fraction of sp³-hybridized carbons (Fsp3) is 0.688. The van der Waals surface area contributed by atoms with Crippen molar-refractivity contribution in [2.24, 2.45) is 0 Å². The molecule has 0 amide bonds. The number of rotatable bonds is 5. The van der Waals surface area contributed by atoms with E-state index in [0.717, 1.165) is 19.4 Å². The van der Waals surface area contributed by atoms with Crippen LogP contribution in [-0.4, -0.2) is 37.2 Å². The molecular weight excluding hydrogens is 236 g/mol. The summed E-state index contributed by atoms with van der Waals surface area (Å²) in [5, 5.41) is 0. The smallest absolute Gasteiger partial charge is 0.0581 e. The summed E-state index contributed by atoms with van der Waals surface area (Å²) in [7, 11) is 6.04. The summed E-state index contributed by atoms with van der Waals surface area (Å²) in [5.74, 6) is 0.623. The first-order chi connectivity index (χ1) is 9.13. The maximum absolute atomic E-state index is 5.50. The molecule has 1 aliphatic carbocycles. The van der Waals surface area contributed by atoms with Gasteiger partial charge in [0, 0.05) is 19.3 Å². The van der Waals surface area contributed by atoms with E-state index in [0.29, 0.717) is 12.0 Å². The lowest BCUT2D eigenvalue weighted by Gasteiger charge is -2.18. The van der Waals surface area contributed by atoms with Gasteiger partial charge in [-0.15, -0.1) is 0 Å². The zero-order valence-electron chi connectivity index (χ0n) is 12.6. The molecule has 106 valence electrons. The second-order valence-corrected chi connectivity index (χ2v) is 5.80. The molecular formula is C16H26N2O. The van der Waals surface area contributed by atoms with Gasteiger partial charge in [-0.2, -0.15) is 0 Å². The van der Waals surface area contributed by atoms with Gasteiger partial charge >= 0.3 is 0 Å². The lowest BCUT2D eigenvalue weighted by atomic mass is 9.95. The maximum atomic E-state index is 5.50. The van der Waals surface area contributed by atoms with Crippen LogP contribution in [-0.2, 0) is 17.7 Å². The van der Waals surface area contributed by atoms with Gasteiger partial charge in [0.2, 0.25) is 0 Å². The van der Waals surface area contributed by atoms with Crippen molar-refractivity contribution >= 4 is 0 Å². The predicted octanol–water partition coefficient (Wildman–Crippen LogP) is 2.99. The van der Waals surface area contributed by atoms with Gasteiger partial charge in [0.05, 0.1) is 11.8 Å². The fourth-order valence-corrected chi connectivity index (χ4v) is 2.99. The average molecular weight is 262 g/mol. The summed E-state index contributed by atoms with van der Waals surface area (Å²) in [6.45, 7) is 3.09. The number of hydrogen-bond acceptors (Lipinski definition) is 3. The Balaban J connectivity index is 2.23. The predicted molar refractivity (Wildman–Crippen MR) is 78.4 cm³/mol. The third kappa shape index (κ3) is 3.54. The Morgan fingerprint density at radius 1 is 1.32 bits per heavy atom. The number of hydrogen-bond donors (Lipinski definition) is 0. The van der Waals surface area contributed by atoms with Crippen LogP contribution < -0.4 is 0 Å². The second-order valence-electron chi connectivity index (χ2n) is 5.80. The van der Waals surface area contributed by atoms with Gasteiger partial charge in [0.25, 0.3) is 0 Å². The van der Waals surface area contributed by atoms with Crippen molar-refractivity contribution in [1.29, 1.82) is 0 Å². The van der Waals surface area contributed by atoms with E-state index in [4.69, 9.17) is 9.72 Å². The number of aryl methyl sites for hydroxylation is 1. The zero-order chi connectivity index (χ0) is 13.8. The SMILES string of the molecule is CCc1ccc([C@@H]2CC[C@@H](OC)C2)c(CN(C)C)n1. The third-order valence-electron chi connectivity index (χ3n) is 4.05. The van der Waals surface area contributed by atoms with E-state index in [-0.39, 0.29) is 0 Å². The molecule has 0 unspecified atom stereocenters. The van der Waals surface area contributed by atoms with Crippen molar-refractivity contribution in [2.75, 3.05) is 21.2 Å². The van der Waals surface area contributed by atoms with Crippen molar-refractivity contribution < 1.29 is 4.74 Å². The van der Waals surface area contributed by atoms with Crippen molar-refractivity contribution in [3.05, 3.63) is 29.1 Å².